The Morgan fingerprint density at radius 2 is 2.29 bits per heavy atom. The average molecular weight is 231 g/mol. The number of hydrogen-bond acceptors (Lipinski definition) is 4. The molecule has 1 atom stereocenters. The highest BCUT2D eigenvalue weighted by molar-refractivity contribution is 5.36. The fourth-order valence-electron chi connectivity index (χ4n) is 2.61. The summed E-state index contributed by atoms with van der Waals surface area (Å²) in [4.78, 5) is 4.14. The molecule has 0 bridgehead atoms. The maximum atomic E-state index is 4.33. The minimum Gasteiger partial charge on any atom is -0.307 e. The van der Waals surface area contributed by atoms with E-state index in [-0.39, 0.29) is 11.5 Å². The molecule has 17 heavy (non-hydrogen) atoms. The van der Waals surface area contributed by atoms with Gasteiger partial charge in [0, 0.05) is 12.3 Å². The molecule has 0 radical (unpaired) electrons. The van der Waals surface area contributed by atoms with Crippen molar-refractivity contribution in [1.82, 2.24) is 24.9 Å². The molecule has 0 spiro atoms. The van der Waals surface area contributed by atoms with E-state index in [2.05, 4.69) is 34.3 Å². The van der Waals surface area contributed by atoms with Gasteiger partial charge in [0.1, 0.15) is 6.33 Å². The predicted octanol–water partition coefficient (Wildman–Crippen LogP) is 1.57. The van der Waals surface area contributed by atoms with Gasteiger partial charge in [-0.05, 0) is 24.8 Å². The summed E-state index contributed by atoms with van der Waals surface area (Å²) in [6, 6.07) is 2.13. The van der Waals surface area contributed by atoms with Crippen molar-refractivity contribution in [3.63, 3.8) is 0 Å². The van der Waals surface area contributed by atoms with Crippen molar-refractivity contribution in [1.29, 1.82) is 0 Å². The minimum atomic E-state index is 0.205. The zero-order chi connectivity index (χ0) is 11.9. The van der Waals surface area contributed by atoms with Gasteiger partial charge in [-0.25, -0.2) is 4.98 Å². The van der Waals surface area contributed by atoms with Gasteiger partial charge in [-0.2, -0.15) is 0 Å². The second-order valence-corrected chi connectivity index (χ2v) is 5.35. The van der Waals surface area contributed by atoms with Crippen molar-refractivity contribution in [3.8, 4) is 0 Å². The van der Waals surface area contributed by atoms with Gasteiger partial charge in [-0.3, -0.25) is 4.40 Å². The maximum absolute atomic E-state index is 4.33. The summed E-state index contributed by atoms with van der Waals surface area (Å²) in [5.41, 5.74) is 1.06. The van der Waals surface area contributed by atoms with Gasteiger partial charge in [0.15, 0.2) is 11.5 Å². The van der Waals surface area contributed by atoms with E-state index in [0.29, 0.717) is 0 Å². The Labute approximate surface area is 100 Å². The first-order valence-corrected chi connectivity index (χ1v) is 6.06. The molecule has 5 heteroatoms. The van der Waals surface area contributed by atoms with Crippen LogP contribution in [0.3, 0.4) is 0 Å². The van der Waals surface area contributed by atoms with Crippen LogP contribution in [0.4, 0.5) is 0 Å². The quantitative estimate of drug-likeness (QED) is 0.809. The molecule has 0 saturated carbocycles. The molecular formula is C12H17N5. The normalized spacial score (nSPS) is 24.0. The van der Waals surface area contributed by atoms with Gasteiger partial charge in [-0.15, -0.1) is 10.2 Å². The second kappa shape index (κ2) is 3.77. The lowest BCUT2D eigenvalue weighted by atomic mass is 9.77. The first-order valence-electron chi connectivity index (χ1n) is 6.06. The van der Waals surface area contributed by atoms with Crippen LogP contribution in [-0.4, -0.2) is 26.1 Å². The summed E-state index contributed by atoms with van der Waals surface area (Å²) in [5.74, 6) is 0.970. The molecular weight excluding hydrogens is 214 g/mol. The highest BCUT2D eigenvalue weighted by Crippen LogP contribution is 2.39. The fourth-order valence-corrected chi connectivity index (χ4v) is 2.61. The Bertz CT molecular complexity index is 530. The Balaban J connectivity index is 2.08. The Morgan fingerprint density at radius 1 is 1.41 bits per heavy atom. The summed E-state index contributed by atoms with van der Waals surface area (Å²) >= 11 is 0. The summed E-state index contributed by atoms with van der Waals surface area (Å²) in [5, 5.41) is 12.1. The van der Waals surface area contributed by atoms with E-state index in [1.165, 1.54) is 12.8 Å². The van der Waals surface area contributed by atoms with Gasteiger partial charge >= 0.3 is 0 Å². The molecule has 1 aliphatic rings. The van der Waals surface area contributed by atoms with Crippen LogP contribution in [-0.2, 0) is 0 Å². The smallest absolute Gasteiger partial charge is 0.163 e. The van der Waals surface area contributed by atoms with Crippen LogP contribution in [0.25, 0.3) is 5.65 Å². The molecule has 3 rings (SSSR count). The van der Waals surface area contributed by atoms with Crippen LogP contribution in [0.5, 0.6) is 0 Å². The van der Waals surface area contributed by atoms with Crippen molar-refractivity contribution in [2.45, 2.75) is 32.7 Å². The Kier molecular flexibility index (Phi) is 2.36. The highest BCUT2D eigenvalue weighted by atomic mass is 15.3. The van der Waals surface area contributed by atoms with E-state index in [1.807, 2.05) is 10.5 Å². The Morgan fingerprint density at radius 3 is 3.12 bits per heavy atom. The third-order valence-corrected chi connectivity index (χ3v) is 3.63. The third-order valence-electron chi connectivity index (χ3n) is 3.63. The van der Waals surface area contributed by atoms with E-state index < -0.39 is 0 Å². The van der Waals surface area contributed by atoms with Crippen molar-refractivity contribution in [3.05, 3.63) is 24.4 Å². The van der Waals surface area contributed by atoms with Crippen LogP contribution in [0.1, 0.15) is 38.6 Å². The molecule has 1 aliphatic heterocycles. The molecule has 0 aliphatic carbocycles. The molecule has 1 N–H and O–H groups in total. The van der Waals surface area contributed by atoms with E-state index in [1.54, 1.807) is 12.5 Å². The topological polar surface area (TPSA) is 55.1 Å². The Hall–Kier alpha value is -1.49. The van der Waals surface area contributed by atoms with Crippen LogP contribution in [0.2, 0.25) is 0 Å². The number of nitrogens with one attached hydrogen (secondary N) is 1. The van der Waals surface area contributed by atoms with Crippen molar-refractivity contribution >= 4 is 5.65 Å². The molecule has 2 aromatic heterocycles. The molecule has 3 heterocycles. The van der Waals surface area contributed by atoms with Crippen LogP contribution in [0, 0.1) is 5.41 Å². The van der Waals surface area contributed by atoms with Crippen LogP contribution < -0.4 is 5.32 Å². The van der Waals surface area contributed by atoms with Gasteiger partial charge < -0.3 is 5.32 Å². The molecule has 2 aromatic rings. The van der Waals surface area contributed by atoms with Crippen molar-refractivity contribution < 1.29 is 0 Å². The standard InChI is InChI=1S/C12H17N5/c1-12(2)5-3-6-14-10(12)11-16-15-9-4-7-13-8-17(9)11/h4,7-8,10,14H,3,5-6H2,1-2H3. The molecule has 0 amide bonds. The number of rotatable bonds is 1. The predicted molar refractivity (Wildman–Crippen MR) is 64.5 cm³/mol. The molecule has 1 fully saturated rings. The van der Waals surface area contributed by atoms with Crippen molar-refractivity contribution in [2.75, 3.05) is 6.54 Å². The highest BCUT2D eigenvalue weighted by Gasteiger charge is 2.36. The molecule has 1 saturated heterocycles. The second-order valence-electron chi connectivity index (χ2n) is 5.35. The third kappa shape index (κ3) is 1.70. The zero-order valence-corrected chi connectivity index (χ0v) is 10.2. The summed E-state index contributed by atoms with van der Waals surface area (Å²) in [7, 11) is 0. The van der Waals surface area contributed by atoms with E-state index in [9.17, 15) is 0 Å². The lowest BCUT2D eigenvalue weighted by Gasteiger charge is -2.38. The van der Waals surface area contributed by atoms with Gasteiger partial charge in [0.2, 0.25) is 0 Å². The van der Waals surface area contributed by atoms with Gasteiger partial charge in [0.25, 0.3) is 0 Å². The fraction of sp³-hybridized carbons (Fsp3) is 0.583. The van der Waals surface area contributed by atoms with Gasteiger partial charge in [-0.1, -0.05) is 13.8 Å². The minimum absolute atomic E-state index is 0.205. The molecule has 90 valence electrons. The number of piperidine rings is 1. The number of hydrogen-bond donors (Lipinski definition) is 1. The summed E-state index contributed by atoms with van der Waals surface area (Å²) in [6.07, 6.45) is 5.96. The SMILES string of the molecule is CC1(C)CCCNC1c1nnc2ccncn12. The zero-order valence-electron chi connectivity index (χ0n) is 10.2. The number of fused-ring (bicyclic) bond motifs is 1. The summed E-state index contributed by atoms with van der Waals surface area (Å²) in [6.45, 7) is 5.60. The molecule has 1 unspecified atom stereocenters. The number of nitrogens with zero attached hydrogens (tertiary/aromatic N) is 4. The molecule has 5 nitrogen and oxygen atoms in total. The monoisotopic (exact) mass is 231 g/mol. The van der Waals surface area contributed by atoms with E-state index >= 15 is 0 Å². The van der Waals surface area contributed by atoms with Crippen LogP contribution in [0.15, 0.2) is 18.6 Å². The lowest BCUT2D eigenvalue weighted by molar-refractivity contribution is 0.173. The first-order chi connectivity index (χ1) is 8.18. The van der Waals surface area contributed by atoms with E-state index in [0.717, 1.165) is 18.0 Å². The van der Waals surface area contributed by atoms with Gasteiger partial charge in [0.05, 0.1) is 6.04 Å². The first kappa shape index (κ1) is 10.7. The average Bonchev–Trinajstić information content (AvgIpc) is 2.72. The van der Waals surface area contributed by atoms with Crippen molar-refractivity contribution in [2.24, 2.45) is 5.41 Å². The van der Waals surface area contributed by atoms with Crippen LogP contribution >= 0.6 is 0 Å². The largest absolute Gasteiger partial charge is 0.307 e. The molecule has 0 aromatic carbocycles. The lowest BCUT2D eigenvalue weighted by Crippen LogP contribution is -2.40. The van der Waals surface area contributed by atoms with E-state index in [4.69, 9.17) is 0 Å². The maximum Gasteiger partial charge on any atom is 0.163 e. The number of aromatic nitrogens is 4. The summed E-state index contributed by atoms with van der Waals surface area (Å²) < 4.78 is 1.98.